The Morgan fingerprint density at radius 1 is 1.38 bits per heavy atom. The van der Waals surface area contributed by atoms with Crippen LogP contribution in [0.2, 0.25) is 0 Å². The first-order chi connectivity index (χ1) is 11.6. The SMILES string of the molecule is COC(=O)CNc1c(C2CCCCC2)n(C(C)=O)c2nccc[n+]12. The monoisotopic (exact) mass is 331 g/mol. The summed E-state index contributed by atoms with van der Waals surface area (Å²) < 4.78 is 8.24. The maximum Gasteiger partial charge on any atom is 0.366 e. The smallest absolute Gasteiger partial charge is 0.366 e. The van der Waals surface area contributed by atoms with Gasteiger partial charge in [-0.1, -0.05) is 19.3 Å². The molecule has 0 amide bonds. The average Bonchev–Trinajstić information content (AvgIpc) is 2.95. The van der Waals surface area contributed by atoms with E-state index in [2.05, 4.69) is 10.3 Å². The molecule has 7 heteroatoms. The van der Waals surface area contributed by atoms with Crippen molar-refractivity contribution in [2.45, 2.75) is 44.9 Å². The van der Waals surface area contributed by atoms with Crippen LogP contribution in [0, 0.1) is 0 Å². The summed E-state index contributed by atoms with van der Waals surface area (Å²) in [7, 11) is 1.36. The molecule has 3 rings (SSSR count). The minimum absolute atomic E-state index is 0.0507. The Balaban J connectivity index is 2.14. The molecule has 0 unspecified atom stereocenters. The van der Waals surface area contributed by atoms with E-state index >= 15 is 0 Å². The molecule has 128 valence electrons. The predicted octanol–water partition coefficient (Wildman–Crippen LogP) is 1.91. The van der Waals surface area contributed by atoms with Crippen LogP contribution in [0.1, 0.15) is 55.4 Å². The van der Waals surface area contributed by atoms with Crippen molar-refractivity contribution >= 4 is 23.5 Å². The van der Waals surface area contributed by atoms with Crippen LogP contribution in [-0.4, -0.2) is 35.1 Å². The van der Waals surface area contributed by atoms with Crippen molar-refractivity contribution in [1.29, 1.82) is 0 Å². The molecule has 1 aliphatic rings. The largest absolute Gasteiger partial charge is 0.467 e. The standard InChI is InChI=1S/C17H23N4O3/c1-12(22)21-15(13-7-4-3-5-8-13)16(19-11-14(23)24-2)20-10-6-9-18-17(20)21/h6,9-10,13,19H,3-5,7-8,11H2,1-2H3/q+1. The van der Waals surface area contributed by atoms with E-state index in [1.165, 1.54) is 13.5 Å². The van der Waals surface area contributed by atoms with Gasteiger partial charge in [-0.3, -0.25) is 4.79 Å². The van der Waals surface area contributed by atoms with Crippen molar-refractivity contribution < 1.29 is 18.7 Å². The van der Waals surface area contributed by atoms with Gasteiger partial charge < -0.3 is 10.1 Å². The van der Waals surface area contributed by atoms with Crippen LogP contribution < -0.4 is 9.72 Å². The van der Waals surface area contributed by atoms with Gasteiger partial charge in [-0.2, -0.15) is 8.97 Å². The van der Waals surface area contributed by atoms with Crippen LogP contribution in [0.15, 0.2) is 18.5 Å². The van der Waals surface area contributed by atoms with Gasteiger partial charge in [0.05, 0.1) is 19.5 Å². The molecule has 0 spiro atoms. The third-order valence-electron chi connectivity index (χ3n) is 4.59. The van der Waals surface area contributed by atoms with Crippen LogP contribution in [0.25, 0.3) is 5.78 Å². The van der Waals surface area contributed by atoms with Gasteiger partial charge in [-0.15, -0.1) is 4.98 Å². The second kappa shape index (κ2) is 6.98. The Morgan fingerprint density at radius 2 is 2.12 bits per heavy atom. The second-order valence-corrected chi connectivity index (χ2v) is 6.14. The molecule has 1 aliphatic carbocycles. The van der Waals surface area contributed by atoms with Crippen molar-refractivity contribution in [1.82, 2.24) is 9.55 Å². The number of carbonyl (C=O) groups excluding carboxylic acids is 2. The second-order valence-electron chi connectivity index (χ2n) is 6.14. The van der Waals surface area contributed by atoms with Crippen molar-refractivity contribution in [2.24, 2.45) is 0 Å². The number of hydrogen-bond donors (Lipinski definition) is 1. The van der Waals surface area contributed by atoms with E-state index in [4.69, 9.17) is 4.74 Å². The normalized spacial score (nSPS) is 15.4. The molecule has 24 heavy (non-hydrogen) atoms. The first kappa shape index (κ1) is 16.4. The highest BCUT2D eigenvalue weighted by Crippen LogP contribution is 2.36. The van der Waals surface area contributed by atoms with E-state index in [1.807, 2.05) is 16.7 Å². The molecule has 0 aliphatic heterocycles. The van der Waals surface area contributed by atoms with E-state index in [1.54, 1.807) is 17.7 Å². The lowest BCUT2D eigenvalue weighted by molar-refractivity contribution is -0.498. The van der Waals surface area contributed by atoms with Crippen molar-refractivity contribution in [3.05, 3.63) is 24.2 Å². The molecule has 1 saturated carbocycles. The minimum atomic E-state index is -0.349. The number of methoxy groups -OCH3 is 1. The number of anilines is 1. The van der Waals surface area contributed by atoms with Gasteiger partial charge in [0.2, 0.25) is 5.82 Å². The van der Waals surface area contributed by atoms with Crippen LogP contribution in [0.3, 0.4) is 0 Å². The van der Waals surface area contributed by atoms with Crippen molar-refractivity contribution in [3.63, 3.8) is 0 Å². The van der Waals surface area contributed by atoms with Crippen LogP contribution in [0.5, 0.6) is 0 Å². The molecule has 0 atom stereocenters. The van der Waals surface area contributed by atoms with Gasteiger partial charge in [0, 0.05) is 12.8 Å². The Hall–Kier alpha value is -2.44. The number of carbonyl (C=O) groups is 2. The Kier molecular flexibility index (Phi) is 4.78. The fourth-order valence-electron chi connectivity index (χ4n) is 3.51. The zero-order valence-corrected chi connectivity index (χ0v) is 14.1. The van der Waals surface area contributed by atoms with Crippen LogP contribution >= 0.6 is 0 Å². The Bertz CT molecular complexity index is 763. The van der Waals surface area contributed by atoms with Crippen LogP contribution in [-0.2, 0) is 9.53 Å². The molecule has 7 nitrogen and oxygen atoms in total. The summed E-state index contributed by atoms with van der Waals surface area (Å²) in [6.07, 6.45) is 9.13. The van der Waals surface area contributed by atoms with Gasteiger partial charge in [0.15, 0.2) is 0 Å². The van der Waals surface area contributed by atoms with Gasteiger partial charge in [0.1, 0.15) is 12.2 Å². The molecule has 2 aromatic heterocycles. The predicted molar refractivity (Wildman–Crippen MR) is 88.0 cm³/mol. The Morgan fingerprint density at radius 3 is 2.79 bits per heavy atom. The van der Waals surface area contributed by atoms with Crippen molar-refractivity contribution in [3.8, 4) is 0 Å². The van der Waals surface area contributed by atoms with Crippen LogP contribution in [0.4, 0.5) is 5.82 Å². The average molecular weight is 331 g/mol. The van der Waals surface area contributed by atoms with Gasteiger partial charge in [-0.05, 0) is 18.9 Å². The first-order valence-corrected chi connectivity index (χ1v) is 8.36. The minimum Gasteiger partial charge on any atom is -0.467 e. The summed E-state index contributed by atoms with van der Waals surface area (Å²) in [6, 6.07) is 1.81. The van der Waals surface area contributed by atoms with E-state index in [-0.39, 0.29) is 24.3 Å². The molecule has 1 fully saturated rings. The number of nitrogens with zero attached hydrogens (tertiary/aromatic N) is 3. The zero-order chi connectivity index (χ0) is 17.1. The lowest BCUT2D eigenvalue weighted by Gasteiger charge is -2.21. The van der Waals surface area contributed by atoms with E-state index in [9.17, 15) is 9.59 Å². The number of imidazole rings is 1. The van der Waals surface area contributed by atoms with Gasteiger partial charge in [-0.25, -0.2) is 4.79 Å². The number of hydrogen-bond acceptors (Lipinski definition) is 5. The highest BCUT2D eigenvalue weighted by molar-refractivity contribution is 5.82. The number of ether oxygens (including phenoxy) is 1. The number of nitrogens with one attached hydrogen (secondary N) is 1. The highest BCUT2D eigenvalue weighted by atomic mass is 16.5. The van der Waals surface area contributed by atoms with E-state index in [0.29, 0.717) is 5.78 Å². The maximum absolute atomic E-state index is 12.3. The van der Waals surface area contributed by atoms with Crippen molar-refractivity contribution in [2.75, 3.05) is 19.0 Å². The zero-order valence-electron chi connectivity index (χ0n) is 14.1. The molecule has 2 aromatic rings. The summed E-state index contributed by atoms with van der Waals surface area (Å²) in [6.45, 7) is 1.60. The molecule has 0 aromatic carbocycles. The number of aromatic nitrogens is 3. The lowest BCUT2D eigenvalue weighted by atomic mass is 9.86. The fourth-order valence-corrected chi connectivity index (χ4v) is 3.51. The molecule has 0 saturated heterocycles. The summed E-state index contributed by atoms with van der Waals surface area (Å²) in [5.41, 5.74) is 0.921. The quantitative estimate of drug-likeness (QED) is 0.684. The number of esters is 1. The van der Waals surface area contributed by atoms with E-state index in [0.717, 1.165) is 37.2 Å². The number of fused-ring (bicyclic) bond motifs is 1. The topological polar surface area (TPSA) is 77.3 Å². The highest BCUT2D eigenvalue weighted by Gasteiger charge is 2.33. The third kappa shape index (κ3) is 2.98. The van der Waals surface area contributed by atoms with E-state index < -0.39 is 0 Å². The fraction of sp³-hybridized carbons (Fsp3) is 0.529. The summed E-state index contributed by atoms with van der Waals surface area (Å²) in [4.78, 5) is 28.3. The molecular weight excluding hydrogens is 308 g/mol. The molecule has 2 heterocycles. The summed E-state index contributed by atoms with van der Waals surface area (Å²) >= 11 is 0. The summed E-state index contributed by atoms with van der Waals surface area (Å²) in [5, 5.41) is 3.15. The third-order valence-corrected chi connectivity index (χ3v) is 4.59. The Labute approximate surface area is 140 Å². The van der Waals surface area contributed by atoms with Gasteiger partial charge >= 0.3 is 11.7 Å². The molecule has 0 radical (unpaired) electrons. The number of rotatable bonds is 4. The summed E-state index contributed by atoms with van der Waals surface area (Å²) in [5.74, 6) is 1.18. The first-order valence-electron chi connectivity index (χ1n) is 8.36. The molecular formula is C17H23N4O3+. The van der Waals surface area contributed by atoms with Gasteiger partial charge in [0.25, 0.3) is 5.91 Å². The lowest BCUT2D eigenvalue weighted by Crippen LogP contribution is -2.28. The molecule has 0 bridgehead atoms. The molecule has 1 N–H and O–H groups in total. The maximum atomic E-state index is 12.3.